The van der Waals surface area contributed by atoms with Crippen LogP contribution in [0.15, 0.2) is 48.8 Å². The van der Waals surface area contributed by atoms with Crippen LogP contribution in [0.1, 0.15) is 16.8 Å². The fraction of sp³-hybridized carbons (Fsp3) is 0.182. The SMILES string of the molecule is Cc1ccc(-c2cc3nc(C(F)(F)F)cn3c(NCCNc3ccc(C#N)cn3)n2)c(Cl)c1. The number of benzene rings is 1. The normalized spacial score (nSPS) is 11.4. The van der Waals surface area contributed by atoms with E-state index in [4.69, 9.17) is 16.9 Å². The Labute approximate surface area is 191 Å². The van der Waals surface area contributed by atoms with Gasteiger partial charge in [-0.2, -0.15) is 18.4 Å². The van der Waals surface area contributed by atoms with E-state index in [0.717, 1.165) is 11.8 Å². The molecule has 0 amide bonds. The van der Waals surface area contributed by atoms with Gasteiger partial charge in [0.25, 0.3) is 0 Å². The van der Waals surface area contributed by atoms with Gasteiger partial charge in [-0.1, -0.05) is 23.7 Å². The fourth-order valence-corrected chi connectivity index (χ4v) is 3.48. The summed E-state index contributed by atoms with van der Waals surface area (Å²) in [7, 11) is 0. The smallest absolute Gasteiger partial charge is 0.368 e. The molecule has 0 fully saturated rings. The summed E-state index contributed by atoms with van der Waals surface area (Å²) < 4.78 is 41.0. The van der Waals surface area contributed by atoms with Crippen LogP contribution in [0.3, 0.4) is 0 Å². The number of alkyl halides is 3. The number of fused-ring (bicyclic) bond motifs is 1. The second-order valence-corrected chi connectivity index (χ2v) is 7.61. The minimum Gasteiger partial charge on any atom is -0.368 e. The highest BCUT2D eigenvalue weighted by atomic mass is 35.5. The topological polar surface area (TPSA) is 90.9 Å². The summed E-state index contributed by atoms with van der Waals surface area (Å²) in [5.41, 5.74) is 1.45. The Morgan fingerprint density at radius 2 is 1.88 bits per heavy atom. The number of rotatable bonds is 6. The Morgan fingerprint density at radius 1 is 1.09 bits per heavy atom. The van der Waals surface area contributed by atoms with Gasteiger partial charge in [-0.3, -0.25) is 4.40 Å². The third kappa shape index (κ3) is 4.99. The van der Waals surface area contributed by atoms with Crippen LogP contribution in [-0.4, -0.2) is 32.4 Å². The first-order valence-corrected chi connectivity index (χ1v) is 10.2. The number of nitriles is 1. The molecule has 0 unspecified atom stereocenters. The molecule has 0 atom stereocenters. The Bertz CT molecular complexity index is 1340. The van der Waals surface area contributed by atoms with Crippen molar-refractivity contribution in [2.45, 2.75) is 13.1 Å². The Hall–Kier alpha value is -3.84. The number of anilines is 2. The Kier molecular flexibility index (Phi) is 6.07. The van der Waals surface area contributed by atoms with Crippen LogP contribution in [0.25, 0.3) is 16.9 Å². The van der Waals surface area contributed by atoms with Gasteiger partial charge in [-0.05, 0) is 30.7 Å². The summed E-state index contributed by atoms with van der Waals surface area (Å²) in [5, 5.41) is 15.4. The number of nitrogens with zero attached hydrogens (tertiary/aromatic N) is 5. The van der Waals surface area contributed by atoms with E-state index in [1.807, 2.05) is 19.1 Å². The van der Waals surface area contributed by atoms with E-state index < -0.39 is 11.9 Å². The van der Waals surface area contributed by atoms with E-state index in [2.05, 4.69) is 25.6 Å². The number of hydrogen-bond acceptors (Lipinski definition) is 6. The average molecular weight is 472 g/mol. The second kappa shape index (κ2) is 8.96. The predicted molar refractivity (Wildman–Crippen MR) is 119 cm³/mol. The molecule has 0 saturated carbocycles. The minimum atomic E-state index is -4.59. The molecule has 7 nitrogen and oxygen atoms in total. The maximum Gasteiger partial charge on any atom is 0.434 e. The van der Waals surface area contributed by atoms with Crippen molar-refractivity contribution in [3.63, 3.8) is 0 Å². The third-order valence-corrected chi connectivity index (χ3v) is 5.06. The molecule has 11 heteroatoms. The summed E-state index contributed by atoms with van der Waals surface area (Å²) in [6.45, 7) is 2.62. The molecule has 0 radical (unpaired) electrons. The lowest BCUT2D eigenvalue weighted by Crippen LogP contribution is -2.17. The summed E-state index contributed by atoms with van der Waals surface area (Å²) >= 11 is 6.36. The highest BCUT2D eigenvalue weighted by Gasteiger charge is 2.34. The highest BCUT2D eigenvalue weighted by molar-refractivity contribution is 6.33. The molecule has 4 aromatic rings. The molecule has 1 aromatic carbocycles. The zero-order chi connectivity index (χ0) is 23.6. The summed E-state index contributed by atoms with van der Waals surface area (Å²) in [4.78, 5) is 12.4. The molecule has 0 aliphatic rings. The molecule has 0 aliphatic carbocycles. The van der Waals surface area contributed by atoms with Crippen LogP contribution in [0, 0.1) is 18.3 Å². The van der Waals surface area contributed by atoms with Crippen LogP contribution in [-0.2, 0) is 6.18 Å². The van der Waals surface area contributed by atoms with E-state index in [9.17, 15) is 13.2 Å². The number of halogens is 4. The number of nitrogens with one attached hydrogen (secondary N) is 2. The van der Waals surface area contributed by atoms with E-state index in [1.54, 1.807) is 24.3 Å². The van der Waals surface area contributed by atoms with Crippen molar-refractivity contribution in [1.82, 2.24) is 19.4 Å². The summed E-state index contributed by atoms with van der Waals surface area (Å²) in [6, 6.07) is 12.1. The number of hydrogen-bond donors (Lipinski definition) is 2. The van der Waals surface area contributed by atoms with Crippen LogP contribution in [0.5, 0.6) is 0 Å². The maximum absolute atomic E-state index is 13.3. The molecule has 33 heavy (non-hydrogen) atoms. The van der Waals surface area contributed by atoms with Gasteiger partial charge >= 0.3 is 6.18 Å². The quantitative estimate of drug-likeness (QED) is 0.377. The van der Waals surface area contributed by atoms with Crippen molar-refractivity contribution >= 4 is 29.0 Å². The van der Waals surface area contributed by atoms with Gasteiger partial charge in [-0.15, -0.1) is 0 Å². The van der Waals surface area contributed by atoms with Gasteiger partial charge < -0.3 is 10.6 Å². The monoisotopic (exact) mass is 471 g/mol. The van der Waals surface area contributed by atoms with Crippen molar-refractivity contribution in [1.29, 1.82) is 5.26 Å². The number of pyridine rings is 1. The second-order valence-electron chi connectivity index (χ2n) is 7.20. The maximum atomic E-state index is 13.3. The molecular formula is C22H17ClF3N7. The van der Waals surface area contributed by atoms with Gasteiger partial charge in [0.15, 0.2) is 5.69 Å². The van der Waals surface area contributed by atoms with Crippen LogP contribution < -0.4 is 10.6 Å². The molecule has 0 saturated heterocycles. The minimum absolute atomic E-state index is 0.0909. The molecule has 0 aliphatic heterocycles. The molecule has 0 bridgehead atoms. The van der Waals surface area contributed by atoms with Crippen molar-refractivity contribution in [3.8, 4) is 17.3 Å². The molecule has 0 spiro atoms. The van der Waals surface area contributed by atoms with Crippen molar-refractivity contribution in [3.05, 3.63) is 70.6 Å². The average Bonchev–Trinajstić information content (AvgIpc) is 3.22. The van der Waals surface area contributed by atoms with Crippen molar-refractivity contribution < 1.29 is 13.2 Å². The van der Waals surface area contributed by atoms with Gasteiger partial charge in [0, 0.05) is 37.1 Å². The number of imidazole rings is 1. The summed E-state index contributed by atoms with van der Waals surface area (Å²) in [5.74, 6) is 0.757. The van der Waals surface area contributed by atoms with Crippen LogP contribution in [0.2, 0.25) is 5.02 Å². The standard InChI is InChI=1S/C22H17ClF3N7/c1-13-2-4-15(16(23)8-13)17-9-20-32-18(22(24,25)26)12-33(20)21(31-17)29-7-6-28-19-5-3-14(10-27)11-30-19/h2-5,8-9,11-12H,6-7H2,1H3,(H,28,30)(H,29,31). The van der Waals surface area contributed by atoms with Gasteiger partial charge in [-0.25, -0.2) is 15.0 Å². The first-order valence-electron chi connectivity index (χ1n) is 9.82. The summed E-state index contributed by atoms with van der Waals surface area (Å²) in [6.07, 6.45) is -2.24. The largest absolute Gasteiger partial charge is 0.434 e. The molecule has 2 N–H and O–H groups in total. The van der Waals surface area contributed by atoms with Gasteiger partial charge in [0.2, 0.25) is 5.95 Å². The number of aromatic nitrogens is 4. The first-order chi connectivity index (χ1) is 15.7. The number of aryl methyl sites for hydroxylation is 1. The zero-order valence-electron chi connectivity index (χ0n) is 17.3. The Balaban J connectivity index is 1.61. The van der Waals surface area contributed by atoms with E-state index in [-0.39, 0.29) is 11.6 Å². The molecule has 168 valence electrons. The van der Waals surface area contributed by atoms with E-state index in [0.29, 0.717) is 40.8 Å². The molecule has 4 rings (SSSR count). The fourth-order valence-electron chi connectivity index (χ4n) is 3.15. The Morgan fingerprint density at radius 3 is 2.55 bits per heavy atom. The van der Waals surface area contributed by atoms with E-state index >= 15 is 0 Å². The van der Waals surface area contributed by atoms with Gasteiger partial charge in [0.1, 0.15) is 17.5 Å². The predicted octanol–water partition coefficient (Wildman–Crippen LogP) is 5.17. The van der Waals surface area contributed by atoms with E-state index in [1.165, 1.54) is 16.7 Å². The van der Waals surface area contributed by atoms with Gasteiger partial charge in [0.05, 0.1) is 16.3 Å². The first kappa shape index (κ1) is 22.4. The third-order valence-electron chi connectivity index (χ3n) is 4.75. The van der Waals surface area contributed by atoms with Crippen molar-refractivity contribution in [2.75, 3.05) is 23.7 Å². The van der Waals surface area contributed by atoms with Crippen molar-refractivity contribution in [2.24, 2.45) is 0 Å². The lowest BCUT2D eigenvalue weighted by Gasteiger charge is -2.12. The lowest BCUT2D eigenvalue weighted by molar-refractivity contribution is -0.140. The van der Waals surface area contributed by atoms with Crippen LogP contribution in [0.4, 0.5) is 24.9 Å². The molecule has 3 heterocycles. The van der Waals surface area contributed by atoms with Crippen LogP contribution >= 0.6 is 11.6 Å². The zero-order valence-corrected chi connectivity index (χ0v) is 18.0. The molecule has 3 aromatic heterocycles. The molecular weight excluding hydrogens is 455 g/mol. The highest BCUT2D eigenvalue weighted by Crippen LogP contribution is 2.32. The lowest BCUT2D eigenvalue weighted by atomic mass is 10.1.